The van der Waals surface area contributed by atoms with Gasteiger partial charge in [0, 0.05) is 23.3 Å². The molecule has 152 valence electrons. The number of carbonyl (C=O) groups excluding carboxylic acids is 1. The van der Waals surface area contributed by atoms with Gasteiger partial charge in [0.1, 0.15) is 0 Å². The second-order valence-electron chi connectivity index (χ2n) is 7.26. The van der Waals surface area contributed by atoms with Crippen LogP contribution in [0.2, 0.25) is 5.02 Å². The lowest BCUT2D eigenvalue weighted by atomic mass is 10.1. The average Bonchev–Trinajstić information content (AvgIpc) is 3.19. The van der Waals surface area contributed by atoms with Crippen molar-refractivity contribution < 1.29 is 4.79 Å². The Bertz CT molecular complexity index is 1170. The van der Waals surface area contributed by atoms with Gasteiger partial charge in [0.25, 0.3) is 5.91 Å². The molecule has 2 aromatic carbocycles. The standard InChI is InChI=1S/C24H23ClN4O/c1-17-21(24(30)26-13-6-5-10-18-8-3-2-4-9-18)15-27-23-22(16-28-29(17)23)19-11-7-12-20(25)14-19/h2-4,7-9,11-12,14-16H,5-6,10,13H2,1H3,(H,26,30). The van der Waals surface area contributed by atoms with Crippen molar-refractivity contribution in [3.8, 4) is 11.1 Å². The Balaban J connectivity index is 1.41. The number of aryl methyl sites for hydroxylation is 2. The Morgan fingerprint density at radius 3 is 2.70 bits per heavy atom. The number of fused-ring (bicyclic) bond motifs is 1. The summed E-state index contributed by atoms with van der Waals surface area (Å²) in [7, 11) is 0. The summed E-state index contributed by atoms with van der Waals surface area (Å²) in [6, 6.07) is 18.0. The molecule has 0 unspecified atom stereocenters. The molecule has 0 saturated heterocycles. The SMILES string of the molecule is Cc1c(C(=O)NCCCCc2ccccc2)cnc2c(-c3cccc(Cl)c3)cnn12. The van der Waals surface area contributed by atoms with Crippen molar-refractivity contribution in [1.82, 2.24) is 19.9 Å². The fraction of sp³-hybridized carbons (Fsp3) is 0.208. The number of benzene rings is 2. The zero-order valence-electron chi connectivity index (χ0n) is 16.8. The number of nitrogens with zero attached hydrogens (tertiary/aromatic N) is 3. The van der Waals surface area contributed by atoms with E-state index in [-0.39, 0.29) is 5.91 Å². The van der Waals surface area contributed by atoms with Gasteiger partial charge in [-0.25, -0.2) is 9.50 Å². The number of halogens is 1. The Morgan fingerprint density at radius 1 is 1.07 bits per heavy atom. The summed E-state index contributed by atoms with van der Waals surface area (Å²) in [4.78, 5) is 17.2. The first-order chi connectivity index (χ1) is 14.6. The predicted molar refractivity (Wildman–Crippen MR) is 120 cm³/mol. The second kappa shape index (κ2) is 9.09. The Kier molecular flexibility index (Phi) is 6.10. The lowest BCUT2D eigenvalue weighted by molar-refractivity contribution is 0.0951. The molecule has 0 aliphatic rings. The molecule has 4 aromatic rings. The number of amides is 1. The number of carbonyl (C=O) groups is 1. The molecule has 0 saturated carbocycles. The van der Waals surface area contributed by atoms with Crippen molar-refractivity contribution in [2.75, 3.05) is 6.54 Å². The van der Waals surface area contributed by atoms with E-state index in [0.29, 0.717) is 22.8 Å². The van der Waals surface area contributed by atoms with E-state index in [1.807, 2.05) is 37.3 Å². The van der Waals surface area contributed by atoms with Gasteiger partial charge in [-0.05, 0) is 49.4 Å². The van der Waals surface area contributed by atoms with E-state index in [1.165, 1.54) is 5.56 Å². The van der Waals surface area contributed by atoms with Gasteiger partial charge < -0.3 is 5.32 Å². The van der Waals surface area contributed by atoms with E-state index in [1.54, 1.807) is 16.9 Å². The van der Waals surface area contributed by atoms with E-state index in [0.717, 1.165) is 36.1 Å². The van der Waals surface area contributed by atoms with E-state index < -0.39 is 0 Å². The van der Waals surface area contributed by atoms with Gasteiger partial charge in [-0.1, -0.05) is 54.1 Å². The molecule has 2 aromatic heterocycles. The van der Waals surface area contributed by atoms with Crippen LogP contribution in [-0.4, -0.2) is 27.0 Å². The van der Waals surface area contributed by atoms with Gasteiger partial charge in [-0.15, -0.1) is 0 Å². The third kappa shape index (κ3) is 4.36. The first-order valence-electron chi connectivity index (χ1n) is 10.0. The average molecular weight is 419 g/mol. The Labute approximate surface area is 180 Å². The molecule has 1 N–H and O–H groups in total. The monoisotopic (exact) mass is 418 g/mol. The normalized spacial score (nSPS) is 11.0. The fourth-order valence-corrected chi connectivity index (χ4v) is 3.71. The lowest BCUT2D eigenvalue weighted by Crippen LogP contribution is -2.26. The summed E-state index contributed by atoms with van der Waals surface area (Å²) >= 11 is 6.12. The molecular weight excluding hydrogens is 396 g/mol. The highest BCUT2D eigenvalue weighted by Crippen LogP contribution is 2.26. The largest absolute Gasteiger partial charge is 0.352 e. The quantitative estimate of drug-likeness (QED) is 0.424. The first-order valence-corrected chi connectivity index (χ1v) is 10.4. The summed E-state index contributed by atoms with van der Waals surface area (Å²) in [6.07, 6.45) is 6.35. The smallest absolute Gasteiger partial charge is 0.254 e. The molecular formula is C24H23ClN4O. The highest BCUT2D eigenvalue weighted by molar-refractivity contribution is 6.30. The summed E-state index contributed by atoms with van der Waals surface area (Å²) in [6.45, 7) is 2.52. The predicted octanol–water partition coefficient (Wildman–Crippen LogP) is 5.11. The third-order valence-electron chi connectivity index (χ3n) is 5.17. The molecule has 4 rings (SSSR count). The van der Waals surface area contributed by atoms with Crippen LogP contribution in [-0.2, 0) is 6.42 Å². The molecule has 0 spiro atoms. The third-order valence-corrected chi connectivity index (χ3v) is 5.40. The van der Waals surface area contributed by atoms with E-state index in [2.05, 4.69) is 39.7 Å². The number of aromatic nitrogens is 3. The van der Waals surface area contributed by atoms with Gasteiger partial charge >= 0.3 is 0 Å². The Morgan fingerprint density at radius 2 is 1.90 bits per heavy atom. The van der Waals surface area contributed by atoms with E-state index >= 15 is 0 Å². The molecule has 0 aliphatic heterocycles. The van der Waals surface area contributed by atoms with Gasteiger partial charge in [0.15, 0.2) is 5.65 Å². The highest BCUT2D eigenvalue weighted by atomic mass is 35.5. The van der Waals surface area contributed by atoms with Gasteiger partial charge in [0.2, 0.25) is 0 Å². The van der Waals surface area contributed by atoms with Gasteiger partial charge in [-0.2, -0.15) is 5.10 Å². The zero-order chi connectivity index (χ0) is 20.9. The maximum atomic E-state index is 12.7. The number of unbranched alkanes of at least 4 members (excludes halogenated alkanes) is 1. The molecule has 0 bridgehead atoms. The van der Waals surface area contributed by atoms with Crippen LogP contribution in [0.5, 0.6) is 0 Å². The molecule has 0 fully saturated rings. The zero-order valence-corrected chi connectivity index (χ0v) is 17.6. The molecule has 0 atom stereocenters. The second-order valence-corrected chi connectivity index (χ2v) is 7.70. The maximum absolute atomic E-state index is 12.7. The van der Waals surface area contributed by atoms with Crippen molar-refractivity contribution in [3.63, 3.8) is 0 Å². The van der Waals surface area contributed by atoms with Crippen LogP contribution < -0.4 is 5.32 Å². The number of hydrogen-bond acceptors (Lipinski definition) is 3. The van der Waals surface area contributed by atoms with Crippen molar-refractivity contribution in [3.05, 3.63) is 88.8 Å². The summed E-state index contributed by atoms with van der Waals surface area (Å²) in [5.74, 6) is -0.124. The molecule has 30 heavy (non-hydrogen) atoms. The van der Waals surface area contributed by atoms with Crippen LogP contribution in [0.25, 0.3) is 16.8 Å². The number of rotatable bonds is 7. The van der Waals surface area contributed by atoms with Crippen molar-refractivity contribution >= 4 is 23.2 Å². The molecule has 0 radical (unpaired) electrons. The summed E-state index contributed by atoms with van der Waals surface area (Å²) in [5, 5.41) is 8.10. The minimum absolute atomic E-state index is 0.124. The first kappa shape index (κ1) is 20.1. The van der Waals surface area contributed by atoms with Crippen LogP contribution in [0.15, 0.2) is 67.0 Å². The lowest BCUT2D eigenvalue weighted by Gasteiger charge is -2.09. The van der Waals surface area contributed by atoms with Crippen molar-refractivity contribution in [1.29, 1.82) is 0 Å². The highest BCUT2D eigenvalue weighted by Gasteiger charge is 2.16. The van der Waals surface area contributed by atoms with Crippen molar-refractivity contribution in [2.24, 2.45) is 0 Å². The van der Waals surface area contributed by atoms with Gasteiger partial charge in [0.05, 0.1) is 17.5 Å². The van der Waals surface area contributed by atoms with Crippen LogP contribution in [0.1, 0.15) is 34.5 Å². The minimum atomic E-state index is -0.124. The topological polar surface area (TPSA) is 59.3 Å². The minimum Gasteiger partial charge on any atom is -0.352 e. The fourth-order valence-electron chi connectivity index (χ4n) is 3.52. The Hall–Kier alpha value is -3.18. The van der Waals surface area contributed by atoms with E-state index in [4.69, 9.17) is 11.6 Å². The van der Waals surface area contributed by atoms with Gasteiger partial charge in [-0.3, -0.25) is 4.79 Å². The van der Waals surface area contributed by atoms with Crippen LogP contribution in [0.3, 0.4) is 0 Å². The molecule has 2 heterocycles. The maximum Gasteiger partial charge on any atom is 0.254 e. The van der Waals surface area contributed by atoms with Crippen LogP contribution >= 0.6 is 11.6 Å². The van der Waals surface area contributed by atoms with Crippen molar-refractivity contribution in [2.45, 2.75) is 26.2 Å². The molecule has 6 heteroatoms. The number of hydrogen-bond donors (Lipinski definition) is 1. The number of nitrogens with one attached hydrogen (secondary N) is 1. The molecule has 5 nitrogen and oxygen atoms in total. The molecule has 0 aliphatic carbocycles. The molecule has 1 amide bonds. The van der Waals surface area contributed by atoms with Crippen LogP contribution in [0.4, 0.5) is 0 Å². The van der Waals surface area contributed by atoms with Crippen LogP contribution in [0, 0.1) is 6.92 Å². The summed E-state index contributed by atoms with van der Waals surface area (Å²) in [5.41, 5.74) is 5.15. The van der Waals surface area contributed by atoms with E-state index in [9.17, 15) is 4.79 Å². The summed E-state index contributed by atoms with van der Waals surface area (Å²) < 4.78 is 1.71.